The number of thioether (sulfide) groups is 2. The molecule has 0 spiro atoms. The van der Waals surface area contributed by atoms with Gasteiger partial charge in [-0.05, 0) is 37.5 Å². The number of benzene rings is 2. The molecule has 2 fully saturated rings. The number of carbonyl (C=O) groups is 2. The van der Waals surface area contributed by atoms with Crippen molar-refractivity contribution in [3.8, 4) is 0 Å². The Morgan fingerprint density at radius 2 is 1.94 bits per heavy atom. The fraction of sp³-hybridized carbons (Fsp3) is 0.371. The second kappa shape index (κ2) is 14.7. The van der Waals surface area contributed by atoms with Crippen LogP contribution in [0.2, 0.25) is 0 Å². The van der Waals surface area contributed by atoms with Crippen molar-refractivity contribution < 1.29 is 18.5 Å². The van der Waals surface area contributed by atoms with Crippen LogP contribution < -0.4 is 40.2 Å². The zero-order chi connectivity index (χ0) is 34.1. The van der Waals surface area contributed by atoms with Crippen molar-refractivity contribution in [2.45, 2.75) is 74.5 Å². The Hall–Kier alpha value is -3.59. The van der Waals surface area contributed by atoms with Gasteiger partial charge in [0.05, 0.1) is 29.2 Å². The monoisotopic (exact) mass is 737 g/mol. The Balaban J connectivity index is 0.953. The average molecular weight is 738 g/mol. The molecule has 2 aromatic heterocycles. The van der Waals surface area contributed by atoms with E-state index in [2.05, 4.69) is 50.9 Å². The number of unbranched alkanes of at least 4 members (excludes halogenated alkanes) is 1. The molecule has 3 amide bonds. The van der Waals surface area contributed by atoms with E-state index in [0.717, 1.165) is 55.7 Å². The van der Waals surface area contributed by atoms with Crippen LogP contribution in [-0.2, 0) is 24.4 Å². The highest BCUT2D eigenvalue weighted by atomic mass is 32.2. The first-order valence-electron chi connectivity index (χ1n) is 16.4. The number of hydrogen-bond donors (Lipinski definition) is 3. The first-order chi connectivity index (χ1) is 23.8. The number of para-hydroxylation sites is 1. The lowest BCUT2D eigenvalue weighted by Gasteiger charge is -2.16. The van der Waals surface area contributed by atoms with E-state index < -0.39 is 0 Å². The van der Waals surface area contributed by atoms with E-state index in [0.29, 0.717) is 41.5 Å². The molecule has 0 bridgehead atoms. The van der Waals surface area contributed by atoms with Gasteiger partial charge in [-0.15, -0.1) is 11.3 Å². The number of nitrogens with zero attached hydrogens (tertiary/aromatic N) is 3. The van der Waals surface area contributed by atoms with Gasteiger partial charge in [0.15, 0.2) is 12.7 Å². The fourth-order valence-corrected chi connectivity index (χ4v) is 11.4. The van der Waals surface area contributed by atoms with Gasteiger partial charge in [0.2, 0.25) is 5.91 Å². The van der Waals surface area contributed by atoms with E-state index in [4.69, 9.17) is 0 Å². The SMILES string of the molecule is CCn1c(=O)/c(=C2\Sc3cccc(F)c3N2C)s/c1=C\c1scc[n+]1Cc1ccc(CNC(=O)CCCC[C@@H]2SC[C@@H]3NC(=O)N[C@@H]32)cc1. The zero-order valence-corrected chi connectivity index (χ0v) is 30.5. The molecule has 2 aromatic carbocycles. The minimum atomic E-state index is -0.293. The van der Waals surface area contributed by atoms with Crippen LogP contribution in [0.3, 0.4) is 0 Å². The fourth-order valence-electron chi connectivity index (χ4n) is 6.53. The van der Waals surface area contributed by atoms with Crippen molar-refractivity contribution in [3.63, 3.8) is 0 Å². The van der Waals surface area contributed by atoms with E-state index >= 15 is 0 Å². The summed E-state index contributed by atoms with van der Waals surface area (Å²) in [6.45, 7) is 3.66. The average Bonchev–Trinajstić information content (AvgIpc) is 3.90. The topological polar surface area (TPSA) is 99.3 Å². The summed E-state index contributed by atoms with van der Waals surface area (Å²) in [4.78, 5) is 40.2. The number of aromatic nitrogens is 2. The molecule has 4 aromatic rings. The van der Waals surface area contributed by atoms with Crippen LogP contribution in [0.25, 0.3) is 11.1 Å². The van der Waals surface area contributed by atoms with Crippen LogP contribution in [0.15, 0.2) is 63.7 Å². The summed E-state index contributed by atoms with van der Waals surface area (Å²) in [6.07, 6.45) is 7.42. The van der Waals surface area contributed by atoms with Gasteiger partial charge in [0, 0.05) is 48.0 Å². The normalized spacial score (nSPS) is 21.1. The molecule has 3 aliphatic rings. The predicted molar refractivity (Wildman–Crippen MR) is 197 cm³/mol. The van der Waals surface area contributed by atoms with Gasteiger partial charge in [-0.25, -0.2) is 9.18 Å². The number of rotatable bonds is 11. The van der Waals surface area contributed by atoms with E-state index in [1.807, 2.05) is 43.4 Å². The Morgan fingerprint density at radius 1 is 1.12 bits per heavy atom. The minimum absolute atomic E-state index is 0.0569. The third kappa shape index (κ3) is 7.19. The van der Waals surface area contributed by atoms with Crippen LogP contribution in [0.5, 0.6) is 0 Å². The first-order valence-corrected chi connectivity index (χ1v) is 20.0. The van der Waals surface area contributed by atoms with Gasteiger partial charge < -0.3 is 20.9 Å². The van der Waals surface area contributed by atoms with E-state index in [1.54, 1.807) is 26.9 Å². The van der Waals surface area contributed by atoms with E-state index in [9.17, 15) is 18.8 Å². The zero-order valence-electron chi connectivity index (χ0n) is 27.2. The summed E-state index contributed by atoms with van der Waals surface area (Å²) >= 11 is 6.40. The summed E-state index contributed by atoms with van der Waals surface area (Å²) in [5.74, 6) is 0.717. The molecule has 0 saturated carbocycles. The van der Waals surface area contributed by atoms with Gasteiger partial charge in [-0.3, -0.25) is 14.2 Å². The smallest absolute Gasteiger partial charge is 0.315 e. The van der Waals surface area contributed by atoms with Crippen molar-refractivity contribution in [3.05, 3.63) is 95.5 Å². The molecular formula is C35H38FN6O3S4+. The maximum absolute atomic E-state index is 14.6. The third-order valence-corrected chi connectivity index (χ3v) is 14.0. The third-order valence-electron chi connectivity index (χ3n) is 9.12. The Bertz CT molecular complexity index is 2060. The van der Waals surface area contributed by atoms with Crippen LogP contribution in [0, 0.1) is 5.82 Å². The predicted octanol–water partition coefficient (Wildman–Crippen LogP) is 3.94. The largest absolute Gasteiger partial charge is 0.352 e. The molecule has 14 heteroatoms. The van der Waals surface area contributed by atoms with Crippen molar-refractivity contribution >= 4 is 74.9 Å². The molecule has 2 saturated heterocycles. The lowest BCUT2D eigenvalue weighted by Crippen LogP contribution is -2.36. The van der Waals surface area contributed by atoms with Gasteiger partial charge in [0.25, 0.3) is 10.6 Å². The van der Waals surface area contributed by atoms with Crippen molar-refractivity contribution in [1.29, 1.82) is 0 Å². The van der Waals surface area contributed by atoms with E-state index in [1.165, 1.54) is 29.2 Å². The molecule has 0 unspecified atom stereocenters. The second-order valence-electron chi connectivity index (χ2n) is 12.3. The number of hydrogen-bond acceptors (Lipinski definition) is 8. The lowest BCUT2D eigenvalue weighted by molar-refractivity contribution is -0.685. The van der Waals surface area contributed by atoms with Crippen molar-refractivity contribution in [2.24, 2.45) is 0 Å². The van der Waals surface area contributed by atoms with E-state index in [-0.39, 0.29) is 35.4 Å². The highest BCUT2D eigenvalue weighted by Crippen LogP contribution is 2.46. The van der Waals surface area contributed by atoms with Crippen molar-refractivity contribution in [2.75, 3.05) is 17.7 Å². The number of carbonyl (C=O) groups excluding carboxylic acids is 2. The molecule has 3 aliphatic heterocycles. The van der Waals surface area contributed by atoms with Gasteiger partial charge in [-0.1, -0.05) is 59.9 Å². The number of nitrogens with one attached hydrogen (secondary N) is 3. The number of fused-ring (bicyclic) bond motifs is 2. The molecule has 3 N–H and O–H groups in total. The molecule has 0 aliphatic carbocycles. The molecular weight excluding hydrogens is 700 g/mol. The summed E-state index contributed by atoms with van der Waals surface area (Å²) in [6, 6.07) is 13.7. The molecule has 49 heavy (non-hydrogen) atoms. The molecule has 5 heterocycles. The van der Waals surface area contributed by atoms with Gasteiger partial charge in [0.1, 0.15) is 20.0 Å². The minimum Gasteiger partial charge on any atom is -0.352 e. The highest BCUT2D eigenvalue weighted by Gasteiger charge is 2.42. The van der Waals surface area contributed by atoms with Gasteiger partial charge >= 0.3 is 6.03 Å². The lowest BCUT2D eigenvalue weighted by atomic mass is 10.0. The number of anilines is 1. The second-order valence-corrected chi connectivity index (χ2v) is 16.6. The summed E-state index contributed by atoms with van der Waals surface area (Å²) < 4.78 is 20.0. The quantitative estimate of drug-likeness (QED) is 0.123. The van der Waals surface area contributed by atoms with Crippen LogP contribution in [-0.4, -0.2) is 46.6 Å². The number of amides is 3. The standard InChI is InChI=1S/C35H37FN6O3S4/c1-3-42-29(49-32(33(42)44)34-40(2)31-23(36)7-6-9-26(31)48-34)17-28-41(15-16-46-28)19-22-13-11-21(12-14-22)18-37-27(43)10-5-4-8-25-30-24(20-47-25)38-35(45)39-30/h6-7,9,11-17,24-25,30H,3-5,8,10,18-20H2,1-2H3,(H2-,37,38,39,43,45)/p+1/b34-32+/t24-,25-,30-/m0/s1. The Labute approximate surface area is 300 Å². The van der Waals surface area contributed by atoms with Crippen molar-refractivity contribution in [1.82, 2.24) is 20.5 Å². The molecule has 9 nitrogen and oxygen atoms in total. The molecule has 256 valence electrons. The Kier molecular flexibility index (Phi) is 10.2. The number of thiazole rings is 2. The first kappa shape index (κ1) is 33.9. The maximum atomic E-state index is 14.6. The summed E-state index contributed by atoms with van der Waals surface area (Å²) in [5.41, 5.74) is 2.63. The number of halogens is 1. The summed E-state index contributed by atoms with van der Waals surface area (Å²) in [7, 11) is 1.81. The van der Waals surface area contributed by atoms with Gasteiger partial charge in [-0.2, -0.15) is 16.3 Å². The number of urea groups is 1. The van der Waals surface area contributed by atoms with Crippen LogP contribution >= 0.6 is 46.2 Å². The molecule has 3 atom stereocenters. The highest BCUT2D eigenvalue weighted by molar-refractivity contribution is 8.08. The van der Waals surface area contributed by atoms with Crippen LogP contribution in [0.4, 0.5) is 14.9 Å². The molecule has 7 rings (SSSR count). The maximum Gasteiger partial charge on any atom is 0.315 e. The van der Waals surface area contributed by atoms with Crippen LogP contribution in [0.1, 0.15) is 48.7 Å². The summed E-state index contributed by atoms with van der Waals surface area (Å²) in [5, 5.41) is 13.3. The molecule has 0 radical (unpaired) electrons. The Morgan fingerprint density at radius 3 is 2.73 bits per heavy atom.